The molecule has 18 heavy (non-hydrogen) atoms. The molecule has 2 atom stereocenters. The fraction of sp³-hybridized carbons (Fsp3) is 0.846. The van der Waals surface area contributed by atoms with Gasteiger partial charge >= 0.3 is 6.09 Å². The molecule has 0 aromatic rings. The molecule has 2 heterocycles. The van der Waals surface area contributed by atoms with Crippen molar-refractivity contribution in [2.24, 2.45) is 5.41 Å². The highest BCUT2D eigenvalue weighted by Crippen LogP contribution is 2.39. The molecule has 1 spiro atoms. The van der Waals surface area contributed by atoms with E-state index in [0.29, 0.717) is 13.1 Å². The number of amides is 2. The summed E-state index contributed by atoms with van der Waals surface area (Å²) in [7, 11) is 0. The van der Waals surface area contributed by atoms with Crippen molar-refractivity contribution >= 4 is 12.0 Å². The molecule has 2 fully saturated rings. The molecule has 0 radical (unpaired) electrons. The number of ether oxygens (including phenoxy) is 1. The van der Waals surface area contributed by atoms with E-state index in [-0.39, 0.29) is 23.5 Å². The van der Waals surface area contributed by atoms with Gasteiger partial charge in [-0.25, -0.2) is 4.79 Å². The van der Waals surface area contributed by atoms with E-state index in [9.17, 15) is 9.59 Å². The predicted molar refractivity (Wildman–Crippen MR) is 67.1 cm³/mol. The number of nitrogens with zero attached hydrogens (tertiary/aromatic N) is 1. The quantitative estimate of drug-likeness (QED) is 0.713. The highest BCUT2D eigenvalue weighted by Gasteiger charge is 2.51. The second-order valence-corrected chi connectivity index (χ2v) is 6.51. The summed E-state index contributed by atoms with van der Waals surface area (Å²) in [5.74, 6) is 0.0843. The van der Waals surface area contributed by atoms with Gasteiger partial charge in [-0.1, -0.05) is 0 Å². The molecule has 5 heteroatoms. The Bertz CT molecular complexity index is 375. The number of hydrogen-bond acceptors (Lipinski definition) is 3. The third kappa shape index (κ3) is 2.44. The summed E-state index contributed by atoms with van der Waals surface area (Å²) in [6, 6.07) is 0.205. The van der Waals surface area contributed by atoms with E-state index in [1.54, 1.807) is 4.90 Å². The molecule has 2 aliphatic heterocycles. The number of carbonyl (C=O) groups excluding carboxylic acids is 2. The lowest BCUT2D eigenvalue weighted by atomic mass is 9.84. The Morgan fingerprint density at radius 3 is 2.67 bits per heavy atom. The summed E-state index contributed by atoms with van der Waals surface area (Å²) >= 11 is 0. The number of carbonyl (C=O) groups is 2. The molecule has 0 bridgehead atoms. The average molecular weight is 254 g/mol. The number of likely N-dealkylation sites (tertiary alicyclic amines) is 1. The van der Waals surface area contributed by atoms with E-state index in [1.807, 2.05) is 27.7 Å². The molecule has 1 N–H and O–H groups in total. The maximum absolute atomic E-state index is 12.0. The van der Waals surface area contributed by atoms with Crippen LogP contribution in [0.3, 0.4) is 0 Å². The first-order valence-electron chi connectivity index (χ1n) is 6.51. The van der Waals surface area contributed by atoms with Crippen LogP contribution in [0.5, 0.6) is 0 Å². The van der Waals surface area contributed by atoms with Crippen LogP contribution in [0.15, 0.2) is 0 Å². The monoisotopic (exact) mass is 254 g/mol. The van der Waals surface area contributed by atoms with Crippen molar-refractivity contribution in [3.8, 4) is 0 Å². The van der Waals surface area contributed by atoms with Crippen LogP contribution in [0, 0.1) is 5.41 Å². The van der Waals surface area contributed by atoms with Gasteiger partial charge in [0.15, 0.2) is 0 Å². The predicted octanol–water partition coefficient (Wildman–Crippen LogP) is 1.52. The van der Waals surface area contributed by atoms with Gasteiger partial charge in [0.2, 0.25) is 5.91 Å². The molecule has 102 valence electrons. The molecule has 2 aliphatic rings. The molecular weight excluding hydrogens is 232 g/mol. The second kappa shape index (κ2) is 4.14. The van der Waals surface area contributed by atoms with Gasteiger partial charge in [0.25, 0.3) is 0 Å². The Morgan fingerprint density at radius 2 is 2.17 bits per heavy atom. The van der Waals surface area contributed by atoms with E-state index < -0.39 is 5.60 Å². The van der Waals surface area contributed by atoms with Crippen molar-refractivity contribution in [3.63, 3.8) is 0 Å². The topological polar surface area (TPSA) is 58.6 Å². The van der Waals surface area contributed by atoms with E-state index in [0.717, 1.165) is 12.8 Å². The van der Waals surface area contributed by atoms with Crippen LogP contribution in [0.2, 0.25) is 0 Å². The van der Waals surface area contributed by atoms with E-state index in [2.05, 4.69) is 5.32 Å². The maximum atomic E-state index is 12.0. The molecule has 0 aromatic carbocycles. The molecule has 2 amide bonds. The van der Waals surface area contributed by atoms with Gasteiger partial charge in [-0.15, -0.1) is 0 Å². The largest absolute Gasteiger partial charge is 0.444 e. The van der Waals surface area contributed by atoms with Gasteiger partial charge in [0, 0.05) is 19.1 Å². The van der Waals surface area contributed by atoms with Gasteiger partial charge in [-0.05, 0) is 40.5 Å². The highest BCUT2D eigenvalue weighted by atomic mass is 16.6. The zero-order chi connectivity index (χ0) is 13.6. The SMILES string of the molecule is CC1CC2(CCN(C(=O)OC(C)(C)C)C2)C(=O)N1. The fourth-order valence-electron chi connectivity index (χ4n) is 2.81. The van der Waals surface area contributed by atoms with Crippen LogP contribution in [-0.4, -0.2) is 41.6 Å². The molecule has 0 aliphatic carbocycles. The fourth-order valence-corrected chi connectivity index (χ4v) is 2.81. The van der Waals surface area contributed by atoms with Crippen molar-refractivity contribution < 1.29 is 14.3 Å². The maximum Gasteiger partial charge on any atom is 0.410 e. The zero-order valence-corrected chi connectivity index (χ0v) is 11.6. The smallest absolute Gasteiger partial charge is 0.410 e. The van der Waals surface area contributed by atoms with Crippen LogP contribution in [0.1, 0.15) is 40.5 Å². The average Bonchev–Trinajstić information content (AvgIpc) is 2.70. The summed E-state index contributed by atoms with van der Waals surface area (Å²) < 4.78 is 5.34. The van der Waals surface area contributed by atoms with E-state index >= 15 is 0 Å². The number of nitrogens with one attached hydrogen (secondary N) is 1. The Hall–Kier alpha value is -1.26. The minimum atomic E-state index is -0.488. The first-order valence-corrected chi connectivity index (χ1v) is 6.51. The van der Waals surface area contributed by atoms with Crippen LogP contribution in [-0.2, 0) is 9.53 Å². The van der Waals surface area contributed by atoms with Crippen molar-refractivity contribution in [1.82, 2.24) is 10.2 Å². The highest BCUT2D eigenvalue weighted by molar-refractivity contribution is 5.86. The summed E-state index contributed by atoms with van der Waals surface area (Å²) in [6.45, 7) is 8.64. The van der Waals surface area contributed by atoms with E-state index in [4.69, 9.17) is 4.74 Å². The zero-order valence-electron chi connectivity index (χ0n) is 11.6. The molecule has 0 saturated carbocycles. The van der Waals surface area contributed by atoms with Gasteiger partial charge in [0.05, 0.1) is 5.41 Å². The van der Waals surface area contributed by atoms with Gasteiger partial charge in [-0.2, -0.15) is 0 Å². The minimum Gasteiger partial charge on any atom is -0.444 e. The Kier molecular flexibility index (Phi) is 3.03. The standard InChI is InChI=1S/C13H22N2O3/c1-9-7-13(10(16)14-9)5-6-15(8-13)11(17)18-12(2,3)4/h9H,5-8H2,1-4H3,(H,14,16). The molecule has 2 unspecified atom stereocenters. The van der Waals surface area contributed by atoms with Crippen molar-refractivity contribution in [2.45, 2.75) is 52.2 Å². The molecular formula is C13H22N2O3. The first-order chi connectivity index (χ1) is 8.22. The molecule has 5 nitrogen and oxygen atoms in total. The third-order valence-electron chi connectivity index (χ3n) is 3.56. The summed E-state index contributed by atoms with van der Waals surface area (Å²) in [4.78, 5) is 25.6. The Balaban J connectivity index is 2.00. The van der Waals surface area contributed by atoms with Crippen LogP contribution in [0.25, 0.3) is 0 Å². The van der Waals surface area contributed by atoms with Crippen molar-refractivity contribution in [3.05, 3.63) is 0 Å². The first kappa shape index (κ1) is 13.2. The Labute approximate surface area is 108 Å². The summed E-state index contributed by atoms with van der Waals surface area (Å²) in [5.41, 5.74) is -0.867. The van der Waals surface area contributed by atoms with E-state index in [1.165, 1.54) is 0 Å². The van der Waals surface area contributed by atoms with Crippen LogP contribution >= 0.6 is 0 Å². The van der Waals surface area contributed by atoms with Gasteiger partial charge < -0.3 is 15.0 Å². The molecule has 2 saturated heterocycles. The van der Waals surface area contributed by atoms with Gasteiger partial charge in [-0.3, -0.25) is 4.79 Å². The van der Waals surface area contributed by atoms with Crippen molar-refractivity contribution in [1.29, 1.82) is 0 Å². The Morgan fingerprint density at radius 1 is 1.50 bits per heavy atom. The summed E-state index contributed by atoms with van der Waals surface area (Å²) in [6.07, 6.45) is 1.24. The lowest BCUT2D eigenvalue weighted by Gasteiger charge is -2.25. The number of hydrogen-bond donors (Lipinski definition) is 1. The minimum absolute atomic E-state index is 0.0843. The van der Waals surface area contributed by atoms with Crippen molar-refractivity contribution in [2.75, 3.05) is 13.1 Å². The number of rotatable bonds is 0. The lowest BCUT2D eigenvalue weighted by Crippen LogP contribution is -2.39. The van der Waals surface area contributed by atoms with Gasteiger partial charge in [0.1, 0.15) is 5.60 Å². The molecule has 0 aromatic heterocycles. The second-order valence-electron chi connectivity index (χ2n) is 6.51. The normalized spacial score (nSPS) is 31.9. The van der Waals surface area contributed by atoms with Crippen LogP contribution in [0.4, 0.5) is 4.79 Å². The lowest BCUT2D eigenvalue weighted by molar-refractivity contribution is -0.127. The molecule has 2 rings (SSSR count). The summed E-state index contributed by atoms with van der Waals surface area (Å²) in [5, 5.41) is 2.94. The third-order valence-corrected chi connectivity index (χ3v) is 3.56. The van der Waals surface area contributed by atoms with Crippen LogP contribution < -0.4 is 5.32 Å².